The fourth-order valence-corrected chi connectivity index (χ4v) is 3.00. The van der Waals surface area contributed by atoms with Gasteiger partial charge in [0.2, 0.25) is 0 Å². The molecule has 4 nitrogen and oxygen atoms in total. The number of carbonyl (C=O) groups is 1. The number of amides is 1. The van der Waals surface area contributed by atoms with Gasteiger partial charge in [-0.2, -0.15) is 0 Å². The Kier molecular flexibility index (Phi) is 3.60. The minimum atomic E-state index is -0.406. The molecule has 2 aliphatic rings. The summed E-state index contributed by atoms with van der Waals surface area (Å²) in [4.78, 5) is 13.6. The van der Waals surface area contributed by atoms with Gasteiger partial charge in [-0.25, -0.2) is 4.79 Å². The molecule has 2 rings (SSSR count). The van der Waals surface area contributed by atoms with Crippen molar-refractivity contribution in [2.24, 2.45) is 5.41 Å². The lowest BCUT2D eigenvalue weighted by Crippen LogP contribution is -2.59. The Morgan fingerprint density at radius 1 is 1.53 bits per heavy atom. The van der Waals surface area contributed by atoms with Crippen molar-refractivity contribution in [3.8, 4) is 0 Å². The normalized spacial score (nSPS) is 27.1. The predicted octanol–water partition coefficient (Wildman–Crippen LogP) is 2.45. The molecule has 17 heavy (non-hydrogen) atoms. The second-order valence-corrected chi connectivity index (χ2v) is 7.01. The van der Waals surface area contributed by atoms with Crippen molar-refractivity contribution in [2.45, 2.75) is 38.9 Å². The van der Waals surface area contributed by atoms with Crippen LogP contribution in [-0.4, -0.2) is 46.8 Å². The van der Waals surface area contributed by atoms with Crippen LogP contribution in [0.4, 0.5) is 4.79 Å². The van der Waals surface area contributed by atoms with Crippen LogP contribution in [0.25, 0.3) is 0 Å². The zero-order chi connectivity index (χ0) is 12.7. The molecule has 0 aromatic heterocycles. The molecule has 0 radical (unpaired) electrons. The van der Waals surface area contributed by atoms with E-state index in [1.807, 2.05) is 20.8 Å². The molecule has 0 aromatic carbocycles. The third kappa shape index (κ3) is 3.05. The van der Waals surface area contributed by atoms with Crippen molar-refractivity contribution >= 4 is 28.7 Å². The zero-order valence-electron chi connectivity index (χ0n) is 10.7. The fraction of sp³-hybridized carbons (Fsp3) is 0.917. The average Bonchev–Trinajstić information content (AvgIpc) is 2.56. The van der Waals surface area contributed by atoms with E-state index in [4.69, 9.17) is 9.47 Å². The number of hydrogen-bond acceptors (Lipinski definition) is 3. The van der Waals surface area contributed by atoms with Gasteiger partial charge in [-0.15, -0.1) is 0 Å². The Bertz CT molecular complexity index is 307. The first-order chi connectivity index (χ1) is 7.84. The summed E-state index contributed by atoms with van der Waals surface area (Å²) < 4.78 is 12.1. The summed E-state index contributed by atoms with van der Waals surface area (Å²) in [6.07, 6.45) is 1.26. The lowest BCUT2D eigenvalue weighted by atomic mass is 9.78. The van der Waals surface area contributed by atoms with Gasteiger partial charge < -0.3 is 14.4 Å². The summed E-state index contributed by atoms with van der Waals surface area (Å²) in [5, 5.41) is 0. The minimum Gasteiger partial charge on any atom is -0.444 e. The maximum atomic E-state index is 11.8. The van der Waals surface area contributed by atoms with Gasteiger partial charge in [0.25, 0.3) is 0 Å². The van der Waals surface area contributed by atoms with E-state index in [1.165, 1.54) is 0 Å². The van der Waals surface area contributed by atoms with E-state index >= 15 is 0 Å². The van der Waals surface area contributed by atoms with Crippen molar-refractivity contribution < 1.29 is 14.3 Å². The molecule has 5 heteroatoms. The molecule has 0 aromatic rings. The molecule has 1 atom stereocenters. The highest BCUT2D eigenvalue weighted by Crippen LogP contribution is 2.41. The molecule has 98 valence electrons. The number of rotatable bonds is 1. The highest BCUT2D eigenvalue weighted by Gasteiger charge is 2.51. The Hall–Kier alpha value is -0.0400. The van der Waals surface area contributed by atoms with Gasteiger partial charge >= 0.3 is 6.09 Å². The molecule has 2 heterocycles. The molecule has 0 saturated carbocycles. The van der Waals surface area contributed by atoms with E-state index in [9.17, 15) is 4.79 Å². The highest BCUT2D eigenvalue weighted by molar-refractivity contribution is 14.1. The SMILES string of the molecule is CC(C)(C)OC(=O)N1CC2(COC(CI)C2)C1. The second kappa shape index (κ2) is 4.57. The Morgan fingerprint density at radius 3 is 2.65 bits per heavy atom. The number of nitrogens with zero attached hydrogens (tertiary/aromatic N) is 1. The number of alkyl halides is 1. The van der Waals surface area contributed by atoms with Crippen LogP contribution in [0.2, 0.25) is 0 Å². The summed E-state index contributed by atoms with van der Waals surface area (Å²) in [7, 11) is 0. The van der Waals surface area contributed by atoms with Crippen LogP contribution in [0.3, 0.4) is 0 Å². The molecule has 0 N–H and O–H groups in total. The molecular formula is C12H20INO3. The maximum absolute atomic E-state index is 11.8. The number of likely N-dealkylation sites (tertiary alicyclic amines) is 1. The third-order valence-electron chi connectivity index (χ3n) is 3.16. The van der Waals surface area contributed by atoms with Crippen molar-refractivity contribution in [1.82, 2.24) is 4.90 Å². The van der Waals surface area contributed by atoms with Crippen LogP contribution in [-0.2, 0) is 9.47 Å². The minimum absolute atomic E-state index is 0.193. The first-order valence-electron chi connectivity index (χ1n) is 5.99. The number of carbonyl (C=O) groups excluding carboxylic acids is 1. The molecule has 0 bridgehead atoms. The fourth-order valence-electron chi connectivity index (χ4n) is 2.43. The Morgan fingerprint density at radius 2 is 2.18 bits per heavy atom. The Balaban J connectivity index is 1.81. The first kappa shape index (κ1) is 13.4. The maximum Gasteiger partial charge on any atom is 0.410 e. The molecule has 1 spiro atoms. The van der Waals surface area contributed by atoms with Gasteiger partial charge in [0, 0.05) is 22.9 Å². The van der Waals surface area contributed by atoms with Crippen molar-refractivity contribution in [1.29, 1.82) is 0 Å². The van der Waals surface area contributed by atoms with Gasteiger partial charge in [-0.3, -0.25) is 0 Å². The summed E-state index contributed by atoms with van der Waals surface area (Å²) >= 11 is 2.35. The Labute approximate surface area is 116 Å². The number of hydrogen-bond donors (Lipinski definition) is 0. The van der Waals surface area contributed by atoms with Crippen LogP contribution in [0, 0.1) is 5.41 Å². The lowest BCUT2D eigenvalue weighted by molar-refractivity contribution is -0.0368. The average molecular weight is 353 g/mol. The predicted molar refractivity (Wildman–Crippen MR) is 73.5 cm³/mol. The smallest absolute Gasteiger partial charge is 0.410 e. The topological polar surface area (TPSA) is 38.8 Å². The molecule has 2 fully saturated rings. The van der Waals surface area contributed by atoms with Crippen LogP contribution in [0.15, 0.2) is 0 Å². The van der Waals surface area contributed by atoms with E-state index in [-0.39, 0.29) is 11.5 Å². The van der Waals surface area contributed by atoms with Crippen LogP contribution in [0.5, 0.6) is 0 Å². The number of ether oxygens (including phenoxy) is 2. The molecule has 1 unspecified atom stereocenters. The van der Waals surface area contributed by atoms with E-state index in [0.29, 0.717) is 6.10 Å². The third-order valence-corrected chi connectivity index (χ3v) is 4.14. The molecule has 2 aliphatic heterocycles. The molecule has 0 aliphatic carbocycles. The summed E-state index contributed by atoms with van der Waals surface area (Å²) in [6, 6.07) is 0. The van der Waals surface area contributed by atoms with E-state index < -0.39 is 5.60 Å². The monoisotopic (exact) mass is 353 g/mol. The standard InChI is InChI=1S/C12H20INO3/c1-11(2,3)17-10(15)14-6-12(7-14)4-9(5-13)16-8-12/h9H,4-8H2,1-3H3. The summed E-state index contributed by atoms with van der Waals surface area (Å²) in [5.41, 5.74) is -0.191. The van der Waals surface area contributed by atoms with Crippen LogP contribution in [0.1, 0.15) is 27.2 Å². The highest BCUT2D eigenvalue weighted by atomic mass is 127. The van der Waals surface area contributed by atoms with Gasteiger partial charge in [-0.05, 0) is 27.2 Å². The largest absolute Gasteiger partial charge is 0.444 e. The van der Waals surface area contributed by atoms with Crippen molar-refractivity contribution in [2.75, 3.05) is 24.1 Å². The zero-order valence-corrected chi connectivity index (χ0v) is 12.8. The second-order valence-electron chi connectivity index (χ2n) is 6.13. The van der Waals surface area contributed by atoms with Gasteiger partial charge in [0.15, 0.2) is 0 Å². The summed E-state index contributed by atoms with van der Waals surface area (Å²) in [6.45, 7) is 8.05. The molecule has 2 saturated heterocycles. The lowest BCUT2D eigenvalue weighted by Gasteiger charge is -2.47. The van der Waals surface area contributed by atoms with Gasteiger partial charge in [0.05, 0.1) is 12.7 Å². The van der Waals surface area contributed by atoms with Crippen molar-refractivity contribution in [3.63, 3.8) is 0 Å². The quantitative estimate of drug-likeness (QED) is 0.537. The first-order valence-corrected chi connectivity index (χ1v) is 7.52. The van der Waals surface area contributed by atoms with E-state index in [1.54, 1.807) is 4.90 Å². The van der Waals surface area contributed by atoms with Crippen LogP contribution >= 0.6 is 22.6 Å². The molecule has 1 amide bonds. The van der Waals surface area contributed by atoms with Gasteiger partial charge in [-0.1, -0.05) is 22.6 Å². The van der Waals surface area contributed by atoms with Gasteiger partial charge in [0.1, 0.15) is 5.60 Å². The number of halogens is 1. The summed E-state index contributed by atoms with van der Waals surface area (Å²) in [5.74, 6) is 0. The van der Waals surface area contributed by atoms with Crippen LogP contribution < -0.4 is 0 Å². The van der Waals surface area contributed by atoms with E-state index in [2.05, 4.69) is 22.6 Å². The van der Waals surface area contributed by atoms with Crippen molar-refractivity contribution in [3.05, 3.63) is 0 Å². The molecular weight excluding hydrogens is 333 g/mol. The van der Waals surface area contributed by atoms with E-state index in [0.717, 1.165) is 30.5 Å².